The van der Waals surface area contributed by atoms with Crippen molar-refractivity contribution >= 4 is 0 Å². The topological polar surface area (TPSA) is 21.3 Å². The summed E-state index contributed by atoms with van der Waals surface area (Å²) in [4.78, 5) is 0. The average Bonchev–Trinajstić information content (AvgIpc) is 2.47. The quantitative estimate of drug-likeness (QED) is 0.654. The Labute approximate surface area is 124 Å². The molecule has 0 aliphatic heterocycles. The second-order valence-electron chi connectivity index (χ2n) is 6.05. The Bertz CT molecular complexity index is 356. The predicted octanol–water partition coefficient (Wildman–Crippen LogP) is 3.93. The predicted molar refractivity (Wildman–Crippen MR) is 87.4 cm³/mol. The van der Waals surface area contributed by atoms with Crippen LogP contribution in [-0.4, -0.2) is 26.3 Å². The molecule has 0 radical (unpaired) electrons. The molecule has 0 spiro atoms. The second-order valence-corrected chi connectivity index (χ2v) is 6.05. The maximum atomic E-state index is 5.64. The van der Waals surface area contributed by atoms with E-state index in [1.807, 2.05) is 0 Å². The van der Waals surface area contributed by atoms with E-state index >= 15 is 0 Å². The van der Waals surface area contributed by atoms with Crippen LogP contribution in [0.25, 0.3) is 0 Å². The van der Waals surface area contributed by atoms with Crippen molar-refractivity contribution in [3.63, 3.8) is 0 Å². The van der Waals surface area contributed by atoms with Gasteiger partial charge in [-0.25, -0.2) is 0 Å². The smallest absolute Gasteiger partial charge is 0.0591 e. The van der Waals surface area contributed by atoms with Crippen LogP contribution in [-0.2, 0) is 16.6 Å². The molecule has 2 heteroatoms. The van der Waals surface area contributed by atoms with Crippen LogP contribution in [0.4, 0.5) is 0 Å². The Morgan fingerprint density at radius 3 is 2.30 bits per heavy atom. The second kappa shape index (κ2) is 9.15. The maximum Gasteiger partial charge on any atom is 0.0591 e. The van der Waals surface area contributed by atoms with Crippen LogP contribution in [0.3, 0.4) is 0 Å². The molecule has 1 N–H and O–H groups in total. The zero-order valence-electron chi connectivity index (χ0n) is 13.7. The van der Waals surface area contributed by atoms with Crippen molar-refractivity contribution in [2.24, 2.45) is 0 Å². The molecule has 0 heterocycles. The molecule has 114 valence electrons. The van der Waals surface area contributed by atoms with Crippen molar-refractivity contribution in [1.82, 2.24) is 5.32 Å². The first-order chi connectivity index (χ1) is 9.60. The van der Waals surface area contributed by atoms with Crippen LogP contribution in [0, 0.1) is 0 Å². The van der Waals surface area contributed by atoms with E-state index in [2.05, 4.69) is 57.3 Å². The molecule has 0 atom stereocenters. The number of rotatable bonds is 10. The lowest BCUT2D eigenvalue weighted by molar-refractivity contribution is 0.139. The van der Waals surface area contributed by atoms with Gasteiger partial charge in [-0.2, -0.15) is 0 Å². The molecule has 2 nitrogen and oxygen atoms in total. The molecule has 1 aromatic carbocycles. The average molecular weight is 277 g/mol. The van der Waals surface area contributed by atoms with Gasteiger partial charge in [0.15, 0.2) is 0 Å². The van der Waals surface area contributed by atoms with Gasteiger partial charge in [0.2, 0.25) is 0 Å². The van der Waals surface area contributed by atoms with E-state index in [1.54, 1.807) is 0 Å². The summed E-state index contributed by atoms with van der Waals surface area (Å²) in [6.45, 7) is 12.7. The first-order valence-corrected chi connectivity index (χ1v) is 7.98. The Hall–Kier alpha value is -0.860. The van der Waals surface area contributed by atoms with Crippen molar-refractivity contribution in [1.29, 1.82) is 0 Å². The van der Waals surface area contributed by atoms with Gasteiger partial charge in [0.1, 0.15) is 0 Å². The highest BCUT2D eigenvalue weighted by Crippen LogP contribution is 2.26. The van der Waals surface area contributed by atoms with E-state index < -0.39 is 0 Å². The van der Waals surface area contributed by atoms with Crippen LogP contribution in [0.1, 0.15) is 51.7 Å². The van der Waals surface area contributed by atoms with E-state index in [4.69, 9.17) is 4.74 Å². The van der Waals surface area contributed by atoms with Gasteiger partial charge in [0.05, 0.1) is 13.2 Å². The van der Waals surface area contributed by atoms with Crippen LogP contribution in [0.15, 0.2) is 24.3 Å². The third-order valence-electron chi connectivity index (χ3n) is 4.00. The summed E-state index contributed by atoms with van der Waals surface area (Å²) in [5.41, 5.74) is 3.07. The fourth-order valence-electron chi connectivity index (χ4n) is 2.06. The molecule has 0 aliphatic carbocycles. The Morgan fingerprint density at radius 2 is 1.70 bits per heavy atom. The molecule has 0 fully saturated rings. The summed E-state index contributed by atoms with van der Waals surface area (Å²) >= 11 is 0. The summed E-state index contributed by atoms with van der Waals surface area (Å²) in [6.07, 6.45) is 3.35. The fraction of sp³-hybridized carbons (Fsp3) is 0.667. The summed E-state index contributed by atoms with van der Waals surface area (Å²) in [7, 11) is 0. The Balaban J connectivity index is 2.25. The van der Waals surface area contributed by atoms with Gasteiger partial charge in [-0.1, -0.05) is 52.0 Å². The van der Waals surface area contributed by atoms with Crippen molar-refractivity contribution in [2.45, 2.75) is 52.4 Å². The highest BCUT2D eigenvalue weighted by Gasteiger charge is 2.17. The number of nitrogens with one attached hydrogen (secondary N) is 1. The number of benzene rings is 1. The molecule has 0 aliphatic rings. The zero-order chi connectivity index (χ0) is 14.8. The molecule has 0 bridgehead atoms. The highest BCUT2D eigenvalue weighted by atomic mass is 16.5. The van der Waals surface area contributed by atoms with Gasteiger partial charge < -0.3 is 10.1 Å². The van der Waals surface area contributed by atoms with E-state index in [0.29, 0.717) is 0 Å². The molecular formula is C18H31NO. The monoisotopic (exact) mass is 277 g/mol. The molecule has 0 unspecified atom stereocenters. The Morgan fingerprint density at radius 1 is 1.00 bits per heavy atom. The molecule has 0 saturated carbocycles. The fourth-order valence-corrected chi connectivity index (χ4v) is 2.06. The minimum Gasteiger partial charge on any atom is -0.380 e. The lowest BCUT2D eigenvalue weighted by Crippen LogP contribution is -2.20. The van der Waals surface area contributed by atoms with E-state index in [1.165, 1.54) is 24.0 Å². The summed E-state index contributed by atoms with van der Waals surface area (Å²) in [6, 6.07) is 9.01. The first-order valence-electron chi connectivity index (χ1n) is 7.98. The molecule has 1 rings (SSSR count). The van der Waals surface area contributed by atoms with Crippen LogP contribution >= 0.6 is 0 Å². The summed E-state index contributed by atoms with van der Waals surface area (Å²) in [5.74, 6) is 0. The molecule has 1 aromatic rings. The van der Waals surface area contributed by atoms with E-state index in [-0.39, 0.29) is 5.41 Å². The number of hydrogen-bond acceptors (Lipinski definition) is 2. The molecule has 0 aromatic heterocycles. The van der Waals surface area contributed by atoms with E-state index in [9.17, 15) is 0 Å². The SMILES string of the molecule is CCCNCCOCCc1ccc(C(C)(C)CC)cc1. The molecule has 0 amide bonds. The maximum absolute atomic E-state index is 5.64. The van der Waals surface area contributed by atoms with Crippen molar-refractivity contribution < 1.29 is 4.74 Å². The molecule has 20 heavy (non-hydrogen) atoms. The van der Waals surface area contributed by atoms with Crippen LogP contribution < -0.4 is 5.32 Å². The van der Waals surface area contributed by atoms with Crippen molar-refractivity contribution in [2.75, 3.05) is 26.3 Å². The van der Waals surface area contributed by atoms with Crippen LogP contribution in [0.5, 0.6) is 0 Å². The number of hydrogen-bond donors (Lipinski definition) is 1. The van der Waals surface area contributed by atoms with Crippen molar-refractivity contribution in [3.05, 3.63) is 35.4 Å². The van der Waals surface area contributed by atoms with Crippen LogP contribution in [0.2, 0.25) is 0 Å². The standard InChI is InChI=1S/C18H31NO/c1-5-12-19-13-15-20-14-11-16-7-9-17(10-8-16)18(3,4)6-2/h7-10,19H,5-6,11-15H2,1-4H3. The summed E-state index contributed by atoms with van der Waals surface area (Å²) in [5, 5.41) is 3.34. The molecular weight excluding hydrogens is 246 g/mol. The minimum atomic E-state index is 0.278. The zero-order valence-corrected chi connectivity index (χ0v) is 13.7. The lowest BCUT2D eigenvalue weighted by Gasteiger charge is -2.23. The normalized spacial score (nSPS) is 11.8. The van der Waals surface area contributed by atoms with Gasteiger partial charge >= 0.3 is 0 Å². The van der Waals surface area contributed by atoms with Gasteiger partial charge in [0, 0.05) is 6.54 Å². The summed E-state index contributed by atoms with van der Waals surface area (Å²) < 4.78 is 5.64. The van der Waals surface area contributed by atoms with Crippen molar-refractivity contribution in [3.8, 4) is 0 Å². The van der Waals surface area contributed by atoms with Gasteiger partial charge in [0.25, 0.3) is 0 Å². The Kier molecular flexibility index (Phi) is 7.86. The van der Waals surface area contributed by atoms with Gasteiger partial charge in [-0.05, 0) is 42.3 Å². The number of ether oxygens (including phenoxy) is 1. The van der Waals surface area contributed by atoms with Gasteiger partial charge in [-0.15, -0.1) is 0 Å². The largest absolute Gasteiger partial charge is 0.380 e. The first kappa shape index (κ1) is 17.2. The third-order valence-corrected chi connectivity index (χ3v) is 4.00. The molecule has 0 saturated heterocycles. The minimum absolute atomic E-state index is 0.278. The van der Waals surface area contributed by atoms with Gasteiger partial charge in [-0.3, -0.25) is 0 Å². The lowest BCUT2D eigenvalue weighted by atomic mass is 9.82. The highest BCUT2D eigenvalue weighted by molar-refractivity contribution is 5.28. The van der Waals surface area contributed by atoms with E-state index in [0.717, 1.165) is 32.7 Å². The third kappa shape index (κ3) is 6.06.